The maximum absolute atomic E-state index is 12.6. The predicted octanol–water partition coefficient (Wildman–Crippen LogP) is 6.30. The summed E-state index contributed by atoms with van der Waals surface area (Å²) in [6, 6.07) is 1.28. The second kappa shape index (κ2) is 8.71. The van der Waals surface area contributed by atoms with Crippen LogP contribution in [-0.2, 0) is 9.53 Å². The highest BCUT2D eigenvalue weighted by atomic mass is 16.5. The van der Waals surface area contributed by atoms with E-state index in [1.54, 1.807) is 6.92 Å². The molecule has 4 saturated carbocycles. The molecule has 6 nitrogen and oxygen atoms in total. The highest BCUT2D eigenvalue weighted by molar-refractivity contribution is 5.66. The molecule has 2 spiro atoms. The van der Waals surface area contributed by atoms with Gasteiger partial charge in [0, 0.05) is 42.9 Å². The van der Waals surface area contributed by atoms with Gasteiger partial charge in [-0.2, -0.15) is 0 Å². The van der Waals surface area contributed by atoms with Gasteiger partial charge in [-0.15, -0.1) is 0 Å². The number of fused-ring (bicyclic) bond motifs is 2. The summed E-state index contributed by atoms with van der Waals surface area (Å²) < 4.78 is 11.8. The molecule has 11 unspecified atom stereocenters. The lowest BCUT2D eigenvalue weighted by Gasteiger charge is -2.61. The fourth-order valence-electron chi connectivity index (χ4n) is 11.2. The van der Waals surface area contributed by atoms with E-state index in [-0.39, 0.29) is 52.9 Å². The molecule has 1 aromatic rings. The van der Waals surface area contributed by atoms with Crippen LogP contribution >= 0.6 is 0 Å². The number of rotatable bonds is 5. The lowest BCUT2D eigenvalue weighted by molar-refractivity contribution is -0.149. The molecule has 214 valence electrons. The van der Waals surface area contributed by atoms with Crippen LogP contribution in [0, 0.1) is 45.3 Å². The molecular weight excluding hydrogens is 492 g/mol. The second-order valence-corrected chi connectivity index (χ2v) is 14.5. The zero-order chi connectivity index (χ0) is 28.1. The topological polar surface area (TPSA) is 97.0 Å². The van der Waals surface area contributed by atoms with Gasteiger partial charge in [0.2, 0.25) is 0 Å². The number of hydrogen-bond acceptors (Lipinski definition) is 6. The van der Waals surface area contributed by atoms with Gasteiger partial charge in [0.1, 0.15) is 6.10 Å². The number of hydrogen-bond donors (Lipinski definition) is 2. The van der Waals surface area contributed by atoms with Gasteiger partial charge in [0.15, 0.2) is 11.5 Å². The van der Waals surface area contributed by atoms with Crippen molar-refractivity contribution in [2.45, 2.75) is 104 Å². The first-order valence-corrected chi connectivity index (χ1v) is 15.2. The maximum Gasteiger partial charge on any atom is 0.336 e. The van der Waals surface area contributed by atoms with Crippen LogP contribution in [0.1, 0.15) is 110 Å². The summed E-state index contributed by atoms with van der Waals surface area (Å²) in [5, 5.41) is 21.0. The largest absolute Gasteiger partial charge is 0.504 e. The summed E-state index contributed by atoms with van der Waals surface area (Å²) in [5.74, 6) is 1.12. The number of aliphatic hydroxyl groups excluding tert-OH is 1. The molecule has 4 fully saturated rings. The monoisotopic (exact) mass is 538 g/mol. The lowest BCUT2D eigenvalue weighted by atomic mass is 9.43. The molecule has 0 radical (unpaired) electrons. The third-order valence-corrected chi connectivity index (χ3v) is 13.1. The highest BCUT2D eigenvalue weighted by Crippen LogP contribution is 2.87. The SMILES string of the molecule is CC(=O)OC1CC2(C)C3CCC4C(C)CC=CC45CC35CCC2(C)C1C(C)c1oc(=O)cc(C(C)CO)c1O. The van der Waals surface area contributed by atoms with E-state index in [9.17, 15) is 19.8 Å². The molecule has 5 aliphatic carbocycles. The molecule has 0 amide bonds. The molecule has 6 rings (SSSR count). The fraction of sp³-hybridized carbons (Fsp3) is 0.758. The number of aromatic hydroxyl groups is 1. The Morgan fingerprint density at radius 1 is 1.21 bits per heavy atom. The number of ether oxygens (including phenoxy) is 1. The summed E-state index contributed by atoms with van der Waals surface area (Å²) in [6.45, 7) is 12.3. The average molecular weight is 539 g/mol. The first-order valence-electron chi connectivity index (χ1n) is 15.2. The van der Waals surface area contributed by atoms with Crippen molar-refractivity contribution in [3.8, 4) is 5.75 Å². The van der Waals surface area contributed by atoms with Gasteiger partial charge >= 0.3 is 11.6 Å². The Hall–Kier alpha value is -2.08. The van der Waals surface area contributed by atoms with Crippen LogP contribution in [0.2, 0.25) is 0 Å². The normalized spacial score (nSPS) is 45.4. The van der Waals surface area contributed by atoms with Crippen molar-refractivity contribution >= 4 is 5.97 Å². The van der Waals surface area contributed by atoms with E-state index in [0.29, 0.717) is 22.3 Å². The van der Waals surface area contributed by atoms with Crippen LogP contribution in [0.5, 0.6) is 5.75 Å². The molecular formula is C33H46O6. The van der Waals surface area contributed by atoms with Crippen molar-refractivity contribution in [3.05, 3.63) is 40.0 Å². The molecule has 5 aliphatic rings. The smallest absolute Gasteiger partial charge is 0.336 e. The van der Waals surface area contributed by atoms with Crippen LogP contribution in [0.3, 0.4) is 0 Å². The van der Waals surface area contributed by atoms with Crippen molar-refractivity contribution < 1.29 is 24.2 Å². The fourth-order valence-corrected chi connectivity index (χ4v) is 11.2. The Morgan fingerprint density at radius 3 is 2.64 bits per heavy atom. The Kier molecular flexibility index (Phi) is 6.05. The second-order valence-electron chi connectivity index (χ2n) is 14.5. The van der Waals surface area contributed by atoms with E-state index in [4.69, 9.17) is 9.15 Å². The Balaban J connectivity index is 1.43. The number of carbonyl (C=O) groups excluding carboxylic acids is 1. The molecule has 11 atom stereocenters. The van der Waals surface area contributed by atoms with Crippen molar-refractivity contribution in [2.24, 2.45) is 45.3 Å². The van der Waals surface area contributed by atoms with Crippen LogP contribution in [0.15, 0.2) is 27.4 Å². The Morgan fingerprint density at radius 2 is 1.95 bits per heavy atom. The minimum Gasteiger partial charge on any atom is -0.504 e. The van der Waals surface area contributed by atoms with Crippen LogP contribution in [0.25, 0.3) is 0 Å². The minimum atomic E-state index is -0.529. The quantitative estimate of drug-likeness (QED) is 0.337. The summed E-state index contributed by atoms with van der Waals surface area (Å²) in [4.78, 5) is 25.0. The van der Waals surface area contributed by atoms with E-state index < -0.39 is 11.5 Å². The number of carbonyl (C=O) groups is 1. The molecule has 0 aromatic carbocycles. The molecule has 1 aromatic heterocycles. The van der Waals surface area contributed by atoms with Crippen molar-refractivity contribution in [1.82, 2.24) is 0 Å². The average Bonchev–Trinajstić information content (AvgIpc) is 3.47. The van der Waals surface area contributed by atoms with Gasteiger partial charge < -0.3 is 19.4 Å². The molecule has 6 heteroatoms. The molecule has 0 bridgehead atoms. The predicted molar refractivity (Wildman–Crippen MR) is 148 cm³/mol. The van der Waals surface area contributed by atoms with Gasteiger partial charge in [0.05, 0.1) is 0 Å². The van der Waals surface area contributed by atoms with E-state index >= 15 is 0 Å². The number of allylic oxidation sites excluding steroid dienone is 2. The van der Waals surface area contributed by atoms with Crippen LogP contribution in [-0.4, -0.2) is 28.9 Å². The number of aliphatic hydroxyl groups is 1. The lowest BCUT2D eigenvalue weighted by Crippen LogP contribution is -2.54. The first-order chi connectivity index (χ1) is 18.3. The summed E-state index contributed by atoms with van der Waals surface area (Å²) in [6.07, 6.45) is 12.7. The van der Waals surface area contributed by atoms with E-state index in [0.717, 1.165) is 24.7 Å². The molecule has 0 saturated heterocycles. The molecule has 1 heterocycles. The van der Waals surface area contributed by atoms with Gasteiger partial charge in [-0.25, -0.2) is 4.79 Å². The Bertz CT molecular complexity index is 1270. The van der Waals surface area contributed by atoms with Crippen molar-refractivity contribution in [2.75, 3.05) is 6.61 Å². The van der Waals surface area contributed by atoms with E-state index in [1.807, 2.05) is 6.92 Å². The van der Waals surface area contributed by atoms with Gasteiger partial charge in [0.25, 0.3) is 0 Å². The summed E-state index contributed by atoms with van der Waals surface area (Å²) in [7, 11) is 0. The van der Waals surface area contributed by atoms with Crippen molar-refractivity contribution in [1.29, 1.82) is 0 Å². The zero-order valence-electron chi connectivity index (χ0n) is 24.5. The van der Waals surface area contributed by atoms with Crippen LogP contribution in [0.4, 0.5) is 0 Å². The van der Waals surface area contributed by atoms with Gasteiger partial charge in [-0.05, 0) is 84.4 Å². The van der Waals surface area contributed by atoms with Crippen LogP contribution < -0.4 is 5.63 Å². The maximum atomic E-state index is 12.6. The summed E-state index contributed by atoms with van der Waals surface area (Å²) >= 11 is 0. The summed E-state index contributed by atoms with van der Waals surface area (Å²) in [5.41, 5.74) is 0.340. The zero-order valence-corrected chi connectivity index (χ0v) is 24.5. The third kappa shape index (κ3) is 3.42. The Labute approximate surface area is 232 Å². The third-order valence-electron chi connectivity index (χ3n) is 13.1. The first kappa shape index (κ1) is 27.1. The molecule has 39 heavy (non-hydrogen) atoms. The minimum absolute atomic E-state index is 0.0425. The van der Waals surface area contributed by atoms with Gasteiger partial charge in [-0.3, -0.25) is 4.79 Å². The number of esters is 1. The molecule has 2 N–H and O–H groups in total. The van der Waals surface area contributed by atoms with Gasteiger partial charge in [-0.1, -0.05) is 46.8 Å². The van der Waals surface area contributed by atoms with E-state index in [1.165, 1.54) is 45.1 Å². The van der Waals surface area contributed by atoms with Crippen molar-refractivity contribution in [3.63, 3.8) is 0 Å². The standard InChI is InChI=1S/C33H46O6/c1-18-8-7-11-32-17-33(32)13-12-30(5)27(20(3)29-28(37)22(19(2)16-34)14-26(36)39-29)24(38-21(4)35)15-31(30,6)25(33)10-9-23(18)32/h7,11,14,18-20,23-25,27,34,37H,8-10,12-13,15-17H2,1-6H3. The molecule has 0 aliphatic heterocycles. The van der Waals surface area contributed by atoms with E-state index in [2.05, 4.69) is 32.9 Å². The highest BCUT2D eigenvalue weighted by Gasteiger charge is 2.81.